The predicted octanol–water partition coefficient (Wildman–Crippen LogP) is 2.09. The lowest BCUT2D eigenvalue weighted by Gasteiger charge is -2.37. The Labute approximate surface area is 158 Å². The molecule has 2 fully saturated rings. The van der Waals surface area contributed by atoms with Gasteiger partial charge in [-0.05, 0) is 43.9 Å². The van der Waals surface area contributed by atoms with Crippen LogP contribution in [0.5, 0.6) is 0 Å². The maximum Gasteiger partial charge on any atom is 0.135 e. The van der Waals surface area contributed by atoms with Crippen molar-refractivity contribution < 1.29 is 4.39 Å². The van der Waals surface area contributed by atoms with Crippen LogP contribution in [0.2, 0.25) is 0 Å². The standard InChI is InChI=1S/C20H25FN6/c21-20(13-23)5-1-8-26(14-20)11-15-4-9-27(12-15)17-3-2-16(10-22)18-19(17)25-7-6-24-18/h2-3,6-7,15H,1,4-5,8-9,11-14,23H2. The van der Waals surface area contributed by atoms with Crippen molar-refractivity contribution in [3.63, 3.8) is 0 Å². The van der Waals surface area contributed by atoms with Gasteiger partial charge in [0, 0.05) is 45.1 Å². The number of nitrogens with two attached hydrogens (primary N) is 1. The minimum Gasteiger partial charge on any atom is -0.369 e. The molecule has 2 aliphatic heterocycles. The Kier molecular flexibility index (Phi) is 4.94. The summed E-state index contributed by atoms with van der Waals surface area (Å²) in [7, 11) is 0. The monoisotopic (exact) mass is 368 g/mol. The second-order valence-electron chi connectivity index (χ2n) is 7.79. The lowest BCUT2D eigenvalue weighted by molar-refractivity contribution is 0.0454. The van der Waals surface area contributed by atoms with E-state index in [1.165, 1.54) is 0 Å². The number of benzene rings is 1. The molecule has 1 aromatic carbocycles. The molecule has 142 valence electrons. The lowest BCUT2D eigenvalue weighted by Crippen LogP contribution is -2.50. The molecule has 0 aliphatic carbocycles. The van der Waals surface area contributed by atoms with E-state index in [1.807, 2.05) is 12.1 Å². The van der Waals surface area contributed by atoms with Gasteiger partial charge in [0.05, 0.1) is 11.3 Å². The van der Waals surface area contributed by atoms with Crippen molar-refractivity contribution in [3.8, 4) is 6.07 Å². The Bertz CT molecular complexity index is 865. The van der Waals surface area contributed by atoms with Gasteiger partial charge in [0.2, 0.25) is 0 Å². The van der Waals surface area contributed by atoms with Crippen molar-refractivity contribution in [2.75, 3.05) is 44.2 Å². The summed E-state index contributed by atoms with van der Waals surface area (Å²) in [4.78, 5) is 13.4. The van der Waals surface area contributed by atoms with Crippen molar-refractivity contribution in [3.05, 3.63) is 30.1 Å². The van der Waals surface area contributed by atoms with Gasteiger partial charge < -0.3 is 10.6 Å². The molecule has 2 aromatic rings. The number of nitriles is 1. The van der Waals surface area contributed by atoms with Crippen LogP contribution in [-0.2, 0) is 0 Å². The second-order valence-corrected chi connectivity index (χ2v) is 7.79. The number of halogens is 1. The van der Waals surface area contributed by atoms with Gasteiger partial charge in [0.25, 0.3) is 0 Å². The highest BCUT2D eigenvalue weighted by Crippen LogP contribution is 2.32. The molecule has 0 bridgehead atoms. The number of piperidine rings is 1. The van der Waals surface area contributed by atoms with Gasteiger partial charge in [-0.15, -0.1) is 0 Å². The molecule has 0 amide bonds. The van der Waals surface area contributed by atoms with Gasteiger partial charge in [0.15, 0.2) is 0 Å². The van der Waals surface area contributed by atoms with E-state index in [1.54, 1.807) is 12.4 Å². The van der Waals surface area contributed by atoms with Gasteiger partial charge in [-0.1, -0.05) is 0 Å². The average molecular weight is 368 g/mol. The number of alkyl halides is 1. The van der Waals surface area contributed by atoms with Gasteiger partial charge >= 0.3 is 0 Å². The van der Waals surface area contributed by atoms with E-state index in [9.17, 15) is 9.65 Å². The molecule has 0 spiro atoms. The smallest absolute Gasteiger partial charge is 0.135 e. The number of likely N-dealkylation sites (tertiary alicyclic amines) is 1. The molecule has 2 unspecified atom stereocenters. The maximum absolute atomic E-state index is 14.6. The van der Waals surface area contributed by atoms with Crippen LogP contribution in [0, 0.1) is 17.2 Å². The molecule has 2 N–H and O–H groups in total. The lowest BCUT2D eigenvalue weighted by atomic mass is 9.94. The summed E-state index contributed by atoms with van der Waals surface area (Å²) in [5, 5.41) is 9.30. The molecule has 7 heteroatoms. The fraction of sp³-hybridized carbons (Fsp3) is 0.550. The average Bonchev–Trinajstić information content (AvgIpc) is 3.15. The minimum atomic E-state index is -1.23. The van der Waals surface area contributed by atoms with Crippen LogP contribution in [0.15, 0.2) is 24.5 Å². The quantitative estimate of drug-likeness (QED) is 0.890. The molecular weight excluding hydrogens is 343 g/mol. The normalized spacial score (nSPS) is 26.4. The maximum atomic E-state index is 14.6. The first kappa shape index (κ1) is 18.1. The summed E-state index contributed by atoms with van der Waals surface area (Å²) >= 11 is 0. The summed E-state index contributed by atoms with van der Waals surface area (Å²) < 4.78 is 14.6. The number of rotatable bonds is 4. The molecule has 2 saturated heterocycles. The van der Waals surface area contributed by atoms with Crippen molar-refractivity contribution in [1.82, 2.24) is 14.9 Å². The van der Waals surface area contributed by atoms with E-state index in [-0.39, 0.29) is 6.54 Å². The zero-order valence-electron chi connectivity index (χ0n) is 15.4. The van der Waals surface area contributed by atoms with E-state index in [4.69, 9.17) is 5.73 Å². The summed E-state index contributed by atoms with van der Waals surface area (Å²) in [6.07, 6.45) is 5.81. The molecule has 2 aliphatic rings. The third kappa shape index (κ3) is 3.60. The van der Waals surface area contributed by atoms with Crippen LogP contribution < -0.4 is 10.6 Å². The van der Waals surface area contributed by atoms with Crippen LogP contribution in [0.3, 0.4) is 0 Å². The van der Waals surface area contributed by atoms with Gasteiger partial charge in [-0.3, -0.25) is 14.9 Å². The summed E-state index contributed by atoms with van der Waals surface area (Å²) in [5.41, 5.74) is 7.42. The van der Waals surface area contributed by atoms with Gasteiger partial charge in [0.1, 0.15) is 22.8 Å². The summed E-state index contributed by atoms with van der Waals surface area (Å²) in [6.45, 7) is 4.26. The third-order valence-electron chi connectivity index (χ3n) is 5.84. The number of hydrogen-bond donors (Lipinski definition) is 1. The Morgan fingerprint density at radius 1 is 1.26 bits per heavy atom. The second kappa shape index (κ2) is 7.37. The Hall–Kier alpha value is -2.30. The third-order valence-corrected chi connectivity index (χ3v) is 5.84. The van der Waals surface area contributed by atoms with E-state index < -0.39 is 5.67 Å². The molecule has 2 atom stereocenters. The van der Waals surface area contributed by atoms with Crippen LogP contribution in [0.1, 0.15) is 24.8 Å². The molecule has 6 nitrogen and oxygen atoms in total. The van der Waals surface area contributed by atoms with Gasteiger partial charge in [-0.25, -0.2) is 4.39 Å². The Balaban J connectivity index is 1.48. The molecular formula is C20H25FN6. The fourth-order valence-corrected chi connectivity index (χ4v) is 4.45. The van der Waals surface area contributed by atoms with Gasteiger partial charge in [-0.2, -0.15) is 5.26 Å². The Morgan fingerprint density at radius 3 is 2.85 bits per heavy atom. The number of hydrogen-bond acceptors (Lipinski definition) is 6. The molecule has 27 heavy (non-hydrogen) atoms. The van der Waals surface area contributed by atoms with Crippen molar-refractivity contribution in [2.45, 2.75) is 24.9 Å². The van der Waals surface area contributed by atoms with Crippen molar-refractivity contribution in [1.29, 1.82) is 5.26 Å². The molecule has 0 saturated carbocycles. The molecule has 1 aromatic heterocycles. The van der Waals surface area contributed by atoms with E-state index in [0.717, 1.165) is 50.2 Å². The van der Waals surface area contributed by atoms with Crippen molar-refractivity contribution >= 4 is 16.7 Å². The highest BCUT2D eigenvalue weighted by molar-refractivity contribution is 5.92. The first-order valence-electron chi connectivity index (χ1n) is 9.62. The summed E-state index contributed by atoms with van der Waals surface area (Å²) in [6, 6.07) is 5.98. The minimum absolute atomic E-state index is 0.107. The highest BCUT2D eigenvalue weighted by Gasteiger charge is 2.35. The number of fused-ring (bicyclic) bond motifs is 1. The number of anilines is 1. The van der Waals surface area contributed by atoms with Crippen LogP contribution in [-0.4, -0.2) is 59.8 Å². The van der Waals surface area contributed by atoms with Crippen LogP contribution >= 0.6 is 0 Å². The topological polar surface area (TPSA) is 82.1 Å². The Morgan fingerprint density at radius 2 is 2.07 bits per heavy atom. The zero-order valence-corrected chi connectivity index (χ0v) is 15.4. The number of nitrogens with zero attached hydrogens (tertiary/aromatic N) is 5. The SMILES string of the molecule is N#Cc1ccc(N2CCC(CN3CCCC(F)(CN)C3)C2)c2nccnc12. The van der Waals surface area contributed by atoms with E-state index >= 15 is 0 Å². The first-order valence-corrected chi connectivity index (χ1v) is 9.62. The first-order chi connectivity index (χ1) is 13.1. The largest absolute Gasteiger partial charge is 0.369 e. The van der Waals surface area contributed by atoms with E-state index in [0.29, 0.717) is 30.0 Å². The zero-order chi connectivity index (χ0) is 18.9. The molecule has 0 radical (unpaired) electrons. The van der Waals surface area contributed by atoms with E-state index in [2.05, 4.69) is 25.8 Å². The van der Waals surface area contributed by atoms with Crippen LogP contribution in [0.25, 0.3) is 11.0 Å². The van der Waals surface area contributed by atoms with Crippen LogP contribution in [0.4, 0.5) is 10.1 Å². The van der Waals surface area contributed by atoms with Crippen molar-refractivity contribution in [2.24, 2.45) is 11.7 Å². The summed E-state index contributed by atoms with van der Waals surface area (Å²) in [5.74, 6) is 0.493. The molecule has 3 heterocycles. The number of aromatic nitrogens is 2. The highest BCUT2D eigenvalue weighted by atomic mass is 19.1. The predicted molar refractivity (Wildman–Crippen MR) is 103 cm³/mol. The molecule has 4 rings (SSSR count). The fourth-order valence-electron chi connectivity index (χ4n) is 4.45.